The van der Waals surface area contributed by atoms with Crippen LogP contribution in [0.4, 0.5) is 28.9 Å². The zero-order valence-corrected chi connectivity index (χ0v) is 25.9. The lowest BCUT2D eigenvalue weighted by atomic mass is 9.78. The lowest BCUT2D eigenvalue weighted by molar-refractivity contribution is -0.274. The lowest BCUT2D eigenvalue weighted by Crippen LogP contribution is -2.22. The molecule has 2 N–H and O–H groups in total. The van der Waals surface area contributed by atoms with Gasteiger partial charge in [-0.2, -0.15) is 0 Å². The summed E-state index contributed by atoms with van der Waals surface area (Å²) in [5, 5.41) is 3.05. The highest BCUT2D eigenvalue weighted by Gasteiger charge is 2.33. The first-order chi connectivity index (χ1) is 19.8. The molecule has 43 heavy (non-hydrogen) atoms. The van der Waals surface area contributed by atoms with Crippen LogP contribution in [0.15, 0.2) is 54.6 Å². The van der Waals surface area contributed by atoms with Gasteiger partial charge in [0.25, 0.3) is 5.91 Å². The fourth-order valence-electron chi connectivity index (χ4n) is 4.32. The van der Waals surface area contributed by atoms with Gasteiger partial charge in [0.05, 0.1) is 22.9 Å². The van der Waals surface area contributed by atoms with E-state index in [9.17, 15) is 30.8 Å². The zero-order chi connectivity index (χ0) is 31.9. The number of benzene rings is 3. The Morgan fingerprint density at radius 3 is 2.26 bits per heavy atom. The zero-order valence-electron chi connectivity index (χ0n) is 23.5. The smallest absolute Gasteiger partial charge is 0.491 e. The molecular formula is C29H27ClF4N2O5S2. The molecule has 4 rings (SSSR count). The van der Waals surface area contributed by atoms with E-state index in [-0.39, 0.29) is 32.8 Å². The fourth-order valence-corrected chi connectivity index (χ4v) is 6.06. The second-order valence-electron chi connectivity index (χ2n) is 10.5. The number of fused-ring (bicyclic) bond motifs is 1. The van der Waals surface area contributed by atoms with Gasteiger partial charge in [-0.25, -0.2) is 12.8 Å². The Morgan fingerprint density at radius 2 is 1.63 bits per heavy atom. The SMILES string of the molecule is CC(C)Oc1cc(OC(F)(F)F)cc(C(C)(C)c2cc(Cl)cc(NC(=O)c3cc4c(F)c(NS(C)(=O)=O)ccc4s3)c2)c1. The Labute approximate surface area is 254 Å². The highest BCUT2D eigenvalue weighted by atomic mass is 35.5. The first-order valence-corrected chi connectivity index (χ1v) is 15.8. The number of hydrogen-bond donors (Lipinski definition) is 2. The first-order valence-electron chi connectivity index (χ1n) is 12.7. The summed E-state index contributed by atoms with van der Waals surface area (Å²) in [5.74, 6) is -1.65. The Kier molecular flexibility index (Phi) is 8.92. The summed E-state index contributed by atoms with van der Waals surface area (Å²) in [6, 6.07) is 12.9. The van der Waals surface area contributed by atoms with Crippen molar-refractivity contribution >= 4 is 60.3 Å². The summed E-state index contributed by atoms with van der Waals surface area (Å²) in [5.41, 5.74) is 0.109. The third kappa shape index (κ3) is 8.09. The van der Waals surface area contributed by atoms with Gasteiger partial charge in [0.1, 0.15) is 11.5 Å². The lowest BCUT2D eigenvalue weighted by Gasteiger charge is -2.28. The van der Waals surface area contributed by atoms with E-state index in [1.165, 1.54) is 30.3 Å². The molecule has 0 atom stereocenters. The molecule has 4 aromatic rings. The summed E-state index contributed by atoms with van der Waals surface area (Å²) >= 11 is 7.40. The molecule has 0 aliphatic heterocycles. The second-order valence-corrected chi connectivity index (χ2v) is 13.8. The predicted molar refractivity (Wildman–Crippen MR) is 161 cm³/mol. The molecule has 0 radical (unpaired) electrons. The average molecular weight is 659 g/mol. The van der Waals surface area contributed by atoms with Gasteiger partial charge in [-0.1, -0.05) is 25.4 Å². The van der Waals surface area contributed by atoms with E-state index in [1.807, 2.05) is 0 Å². The number of carbonyl (C=O) groups is 1. The van der Waals surface area contributed by atoms with Gasteiger partial charge in [-0.05, 0) is 73.5 Å². The number of carbonyl (C=O) groups excluding carboxylic acids is 1. The maximum absolute atomic E-state index is 15.0. The molecule has 3 aromatic carbocycles. The number of sulfonamides is 1. The maximum Gasteiger partial charge on any atom is 0.573 e. The molecule has 0 unspecified atom stereocenters. The topological polar surface area (TPSA) is 93.7 Å². The van der Waals surface area contributed by atoms with E-state index < -0.39 is 39.3 Å². The summed E-state index contributed by atoms with van der Waals surface area (Å²) in [4.78, 5) is 13.3. The standard InChI is InChI=1S/C29H27ClF4N2O5S2/c1-15(2)40-20-10-17(11-21(13-20)41-29(32,33)34)28(3,4)16-8-18(30)12-19(9-16)35-27(37)25-14-22-24(42-25)7-6-23(26(22)31)36-43(5,38)39/h6-15,36H,1-5H3,(H,35,37). The highest BCUT2D eigenvalue weighted by Crippen LogP contribution is 2.40. The molecule has 230 valence electrons. The van der Waals surface area contributed by atoms with Crippen molar-refractivity contribution in [3.63, 3.8) is 0 Å². The quantitative estimate of drug-likeness (QED) is 0.176. The Hall–Kier alpha value is -3.55. The summed E-state index contributed by atoms with van der Waals surface area (Å²) in [6.07, 6.45) is -4.32. The van der Waals surface area contributed by atoms with Gasteiger partial charge >= 0.3 is 6.36 Å². The molecule has 0 saturated carbocycles. The van der Waals surface area contributed by atoms with Crippen molar-refractivity contribution in [3.8, 4) is 11.5 Å². The van der Waals surface area contributed by atoms with Crippen molar-refractivity contribution in [2.75, 3.05) is 16.3 Å². The molecule has 0 fully saturated rings. The fraction of sp³-hybridized carbons (Fsp3) is 0.276. The van der Waals surface area contributed by atoms with Gasteiger partial charge in [0.15, 0.2) is 5.82 Å². The third-order valence-corrected chi connectivity index (χ3v) is 8.15. The third-order valence-electron chi connectivity index (χ3n) is 6.24. The molecule has 0 bridgehead atoms. The van der Waals surface area contributed by atoms with Crippen molar-refractivity contribution in [1.82, 2.24) is 0 Å². The number of amides is 1. The summed E-state index contributed by atoms with van der Waals surface area (Å²) < 4.78 is 89.6. The molecule has 1 amide bonds. The number of halogens is 5. The monoisotopic (exact) mass is 658 g/mol. The number of thiophene rings is 1. The number of anilines is 2. The van der Waals surface area contributed by atoms with Gasteiger partial charge < -0.3 is 14.8 Å². The van der Waals surface area contributed by atoms with E-state index in [4.69, 9.17) is 16.3 Å². The number of alkyl halides is 3. The van der Waals surface area contributed by atoms with Gasteiger partial charge in [0.2, 0.25) is 10.0 Å². The maximum atomic E-state index is 15.0. The van der Waals surface area contributed by atoms with Gasteiger partial charge in [-0.15, -0.1) is 24.5 Å². The Balaban J connectivity index is 1.66. The first kappa shape index (κ1) is 32.4. The van der Waals surface area contributed by atoms with Crippen LogP contribution >= 0.6 is 22.9 Å². The van der Waals surface area contributed by atoms with Crippen LogP contribution in [0.25, 0.3) is 10.1 Å². The van der Waals surface area contributed by atoms with Crippen molar-refractivity contribution in [2.24, 2.45) is 0 Å². The molecule has 1 heterocycles. The van der Waals surface area contributed by atoms with Gasteiger partial charge in [-0.3, -0.25) is 9.52 Å². The van der Waals surface area contributed by atoms with E-state index >= 15 is 0 Å². The molecule has 14 heteroatoms. The van der Waals surface area contributed by atoms with Crippen LogP contribution in [0.1, 0.15) is 48.5 Å². The number of ether oxygens (including phenoxy) is 2. The minimum Gasteiger partial charge on any atom is -0.491 e. The van der Waals surface area contributed by atoms with Crippen LogP contribution in [-0.4, -0.2) is 33.0 Å². The minimum absolute atomic E-state index is 0.0668. The van der Waals surface area contributed by atoms with Crippen LogP contribution in [0, 0.1) is 5.82 Å². The number of nitrogens with one attached hydrogen (secondary N) is 2. The van der Waals surface area contributed by atoms with E-state index in [0.29, 0.717) is 21.5 Å². The average Bonchev–Trinajstić information content (AvgIpc) is 3.28. The van der Waals surface area contributed by atoms with Crippen molar-refractivity contribution < 1.29 is 40.2 Å². The summed E-state index contributed by atoms with van der Waals surface area (Å²) in [7, 11) is -3.72. The van der Waals surface area contributed by atoms with Crippen LogP contribution in [0.5, 0.6) is 11.5 Å². The molecule has 0 aliphatic rings. The molecule has 7 nitrogen and oxygen atoms in total. The minimum atomic E-state index is -4.91. The van der Waals surface area contributed by atoms with Crippen LogP contribution in [0.2, 0.25) is 5.02 Å². The van der Waals surface area contributed by atoms with Crippen LogP contribution < -0.4 is 19.5 Å². The molecular weight excluding hydrogens is 632 g/mol. The van der Waals surface area contributed by atoms with Crippen molar-refractivity contribution in [2.45, 2.75) is 45.6 Å². The Morgan fingerprint density at radius 1 is 0.977 bits per heavy atom. The molecule has 0 saturated heterocycles. The molecule has 0 aliphatic carbocycles. The second kappa shape index (κ2) is 11.9. The van der Waals surface area contributed by atoms with E-state index in [0.717, 1.165) is 23.7 Å². The molecule has 1 aromatic heterocycles. The Bertz CT molecular complexity index is 1800. The highest BCUT2D eigenvalue weighted by molar-refractivity contribution is 7.92. The van der Waals surface area contributed by atoms with E-state index in [2.05, 4.69) is 14.8 Å². The summed E-state index contributed by atoms with van der Waals surface area (Å²) in [6.45, 7) is 7.02. The van der Waals surface area contributed by atoms with Crippen molar-refractivity contribution in [1.29, 1.82) is 0 Å². The van der Waals surface area contributed by atoms with Crippen LogP contribution in [-0.2, 0) is 15.4 Å². The van der Waals surface area contributed by atoms with Gasteiger partial charge in [0, 0.05) is 32.3 Å². The predicted octanol–water partition coefficient (Wildman–Crippen LogP) is 8.33. The van der Waals surface area contributed by atoms with Crippen molar-refractivity contribution in [3.05, 3.63) is 81.4 Å². The number of hydrogen-bond acceptors (Lipinski definition) is 6. The van der Waals surface area contributed by atoms with E-state index in [1.54, 1.807) is 45.9 Å². The normalized spacial score (nSPS) is 12.4. The van der Waals surface area contributed by atoms with Crippen LogP contribution in [0.3, 0.4) is 0 Å². The number of rotatable bonds is 9. The largest absolute Gasteiger partial charge is 0.573 e. The molecule has 0 spiro atoms.